The van der Waals surface area contributed by atoms with Crippen molar-refractivity contribution in [1.29, 1.82) is 0 Å². The van der Waals surface area contributed by atoms with E-state index in [1.54, 1.807) is 37.4 Å². The maximum atomic E-state index is 13.6. The lowest BCUT2D eigenvalue weighted by atomic mass is 9.98. The van der Waals surface area contributed by atoms with Crippen LogP contribution in [0.3, 0.4) is 0 Å². The van der Waals surface area contributed by atoms with Gasteiger partial charge in [0.15, 0.2) is 5.78 Å². The third-order valence-corrected chi connectivity index (χ3v) is 3.30. The van der Waals surface area contributed by atoms with Crippen molar-refractivity contribution in [1.82, 2.24) is 0 Å². The highest BCUT2D eigenvalue weighted by Gasteiger charge is 2.13. The van der Waals surface area contributed by atoms with E-state index in [-0.39, 0.29) is 18.0 Å². The van der Waals surface area contributed by atoms with Crippen molar-refractivity contribution in [2.75, 3.05) is 7.11 Å². The Kier molecular flexibility index (Phi) is 4.18. The molecule has 0 atom stereocenters. The number of ketones is 1. The molecular weight excluding hydrogens is 255 g/mol. The van der Waals surface area contributed by atoms with Crippen LogP contribution in [0.1, 0.15) is 27.0 Å². The van der Waals surface area contributed by atoms with E-state index >= 15 is 0 Å². The molecule has 0 bridgehead atoms. The maximum Gasteiger partial charge on any atom is 0.167 e. The first kappa shape index (κ1) is 14.3. The number of hydrogen-bond donors (Lipinski definition) is 0. The molecule has 0 aromatic heterocycles. The molecule has 104 valence electrons. The fraction of sp³-hybridized carbons (Fsp3) is 0.235. The van der Waals surface area contributed by atoms with E-state index in [2.05, 4.69) is 0 Å². The van der Waals surface area contributed by atoms with Crippen LogP contribution in [0.15, 0.2) is 36.4 Å². The van der Waals surface area contributed by atoms with Gasteiger partial charge in [0.25, 0.3) is 0 Å². The van der Waals surface area contributed by atoms with Crippen LogP contribution in [0.5, 0.6) is 5.75 Å². The molecule has 3 heteroatoms. The summed E-state index contributed by atoms with van der Waals surface area (Å²) in [4.78, 5) is 12.3. The van der Waals surface area contributed by atoms with E-state index in [0.29, 0.717) is 11.1 Å². The fourth-order valence-corrected chi connectivity index (χ4v) is 2.35. The molecule has 0 radical (unpaired) electrons. The van der Waals surface area contributed by atoms with Gasteiger partial charge in [-0.1, -0.05) is 18.2 Å². The summed E-state index contributed by atoms with van der Waals surface area (Å²) >= 11 is 0. The summed E-state index contributed by atoms with van der Waals surface area (Å²) in [6.45, 7) is 3.79. The van der Waals surface area contributed by atoms with E-state index < -0.39 is 0 Å². The van der Waals surface area contributed by atoms with Gasteiger partial charge in [-0.05, 0) is 48.7 Å². The molecule has 2 rings (SSSR count). The number of methoxy groups -OCH3 is 1. The Bertz CT molecular complexity index is 624. The molecule has 0 fully saturated rings. The minimum Gasteiger partial charge on any atom is -0.496 e. The predicted octanol–water partition coefficient (Wildman–Crippen LogP) is 3.88. The molecule has 0 saturated carbocycles. The monoisotopic (exact) mass is 272 g/mol. The molecule has 0 unspecified atom stereocenters. The SMILES string of the molecule is COc1c(C)cc(C(=O)Cc2ccccc2F)cc1C. The molecule has 2 nitrogen and oxygen atoms in total. The largest absolute Gasteiger partial charge is 0.496 e. The van der Waals surface area contributed by atoms with Crippen LogP contribution < -0.4 is 4.74 Å². The maximum absolute atomic E-state index is 13.6. The second-order valence-corrected chi connectivity index (χ2v) is 4.83. The van der Waals surface area contributed by atoms with Crippen molar-refractivity contribution in [2.45, 2.75) is 20.3 Å². The summed E-state index contributed by atoms with van der Waals surface area (Å²) in [5.41, 5.74) is 2.82. The molecule has 0 aliphatic carbocycles. The normalized spacial score (nSPS) is 10.4. The number of aryl methyl sites for hydroxylation is 2. The molecule has 0 heterocycles. The van der Waals surface area contributed by atoms with Crippen molar-refractivity contribution in [3.63, 3.8) is 0 Å². The van der Waals surface area contributed by atoms with Crippen molar-refractivity contribution in [3.8, 4) is 5.75 Å². The molecule has 2 aromatic rings. The molecular formula is C17H17FO2. The van der Waals surface area contributed by atoms with Crippen LogP contribution in [0.4, 0.5) is 4.39 Å². The van der Waals surface area contributed by atoms with Gasteiger partial charge in [0.05, 0.1) is 7.11 Å². The van der Waals surface area contributed by atoms with E-state index in [0.717, 1.165) is 16.9 Å². The lowest BCUT2D eigenvalue weighted by Gasteiger charge is -2.11. The van der Waals surface area contributed by atoms with Gasteiger partial charge in [-0.3, -0.25) is 4.79 Å². The van der Waals surface area contributed by atoms with Crippen molar-refractivity contribution < 1.29 is 13.9 Å². The van der Waals surface area contributed by atoms with Gasteiger partial charge in [-0.2, -0.15) is 0 Å². The number of benzene rings is 2. The zero-order valence-corrected chi connectivity index (χ0v) is 11.9. The topological polar surface area (TPSA) is 26.3 Å². The number of hydrogen-bond acceptors (Lipinski definition) is 2. The molecule has 0 aliphatic heterocycles. The lowest BCUT2D eigenvalue weighted by Crippen LogP contribution is -2.06. The van der Waals surface area contributed by atoms with Gasteiger partial charge in [0.1, 0.15) is 11.6 Å². The van der Waals surface area contributed by atoms with Crippen LogP contribution in [0, 0.1) is 19.7 Å². The molecule has 0 amide bonds. The van der Waals surface area contributed by atoms with Gasteiger partial charge in [-0.15, -0.1) is 0 Å². The van der Waals surface area contributed by atoms with Crippen LogP contribution in [-0.4, -0.2) is 12.9 Å². The van der Waals surface area contributed by atoms with Gasteiger partial charge < -0.3 is 4.74 Å². The average Bonchev–Trinajstić information content (AvgIpc) is 2.41. The van der Waals surface area contributed by atoms with Gasteiger partial charge >= 0.3 is 0 Å². The Morgan fingerprint density at radius 1 is 1.15 bits per heavy atom. The van der Waals surface area contributed by atoms with E-state index in [9.17, 15) is 9.18 Å². The highest BCUT2D eigenvalue weighted by Crippen LogP contribution is 2.25. The minimum absolute atomic E-state index is 0.0673. The Balaban J connectivity index is 2.29. The van der Waals surface area contributed by atoms with Gasteiger partial charge in [0, 0.05) is 12.0 Å². The summed E-state index contributed by atoms with van der Waals surface area (Å²) in [5.74, 6) is 0.346. The van der Waals surface area contributed by atoms with Crippen LogP contribution >= 0.6 is 0 Å². The van der Waals surface area contributed by atoms with Crippen molar-refractivity contribution in [3.05, 3.63) is 64.5 Å². The Morgan fingerprint density at radius 2 is 1.75 bits per heavy atom. The number of halogens is 1. The second kappa shape index (κ2) is 5.87. The molecule has 0 saturated heterocycles. The zero-order chi connectivity index (χ0) is 14.7. The summed E-state index contributed by atoms with van der Waals surface area (Å²) in [5, 5.41) is 0. The quantitative estimate of drug-likeness (QED) is 0.790. The van der Waals surface area contributed by atoms with E-state index in [1.807, 2.05) is 13.8 Å². The van der Waals surface area contributed by atoms with E-state index in [4.69, 9.17) is 4.74 Å². The number of carbonyl (C=O) groups is 1. The first-order valence-electron chi connectivity index (χ1n) is 6.44. The Hall–Kier alpha value is -2.16. The smallest absolute Gasteiger partial charge is 0.167 e. The van der Waals surface area contributed by atoms with Gasteiger partial charge in [-0.25, -0.2) is 4.39 Å². The standard InChI is InChI=1S/C17H17FO2/c1-11-8-14(9-12(2)17(11)20-3)16(19)10-13-6-4-5-7-15(13)18/h4-9H,10H2,1-3H3. The number of carbonyl (C=O) groups excluding carboxylic acids is 1. The molecule has 0 aliphatic rings. The third kappa shape index (κ3) is 2.87. The minimum atomic E-state index is -0.345. The summed E-state index contributed by atoms with van der Waals surface area (Å²) in [6, 6.07) is 9.93. The number of Topliss-reactive ketones (excluding diaryl/α,β-unsaturated/α-hetero) is 1. The fourth-order valence-electron chi connectivity index (χ4n) is 2.35. The van der Waals surface area contributed by atoms with Crippen LogP contribution in [0.2, 0.25) is 0 Å². The first-order chi connectivity index (χ1) is 9.52. The van der Waals surface area contributed by atoms with Gasteiger partial charge in [0.2, 0.25) is 0 Å². The number of rotatable bonds is 4. The summed E-state index contributed by atoms with van der Waals surface area (Å²) in [7, 11) is 1.61. The highest BCUT2D eigenvalue weighted by molar-refractivity contribution is 5.98. The average molecular weight is 272 g/mol. The molecule has 20 heavy (non-hydrogen) atoms. The summed E-state index contributed by atoms with van der Waals surface area (Å²) < 4.78 is 18.8. The summed E-state index contributed by atoms with van der Waals surface area (Å²) in [6.07, 6.45) is 0.0673. The van der Waals surface area contributed by atoms with E-state index in [1.165, 1.54) is 6.07 Å². The molecule has 2 aromatic carbocycles. The highest BCUT2D eigenvalue weighted by atomic mass is 19.1. The molecule has 0 spiro atoms. The Labute approximate surface area is 118 Å². The van der Waals surface area contributed by atoms with Crippen molar-refractivity contribution >= 4 is 5.78 Å². The van der Waals surface area contributed by atoms with Crippen molar-refractivity contribution in [2.24, 2.45) is 0 Å². The predicted molar refractivity (Wildman–Crippen MR) is 76.9 cm³/mol. The number of ether oxygens (including phenoxy) is 1. The zero-order valence-electron chi connectivity index (χ0n) is 11.9. The molecule has 0 N–H and O–H groups in total. The van der Waals surface area contributed by atoms with Crippen LogP contribution in [0.25, 0.3) is 0 Å². The Morgan fingerprint density at radius 3 is 2.30 bits per heavy atom. The lowest BCUT2D eigenvalue weighted by molar-refractivity contribution is 0.0991. The first-order valence-corrected chi connectivity index (χ1v) is 6.44. The second-order valence-electron chi connectivity index (χ2n) is 4.83. The van der Waals surface area contributed by atoms with Crippen LogP contribution in [-0.2, 0) is 6.42 Å². The third-order valence-electron chi connectivity index (χ3n) is 3.30.